The van der Waals surface area contributed by atoms with E-state index < -0.39 is 0 Å². The van der Waals surface area contributed by atoms with Crippen molar-refractivity contribution in [3.63, 3.8) is 0 Å². The Bertz CT molecular complexity index is 532. The zero-order valence-corrected chi connectivity index (χ0v) is 13.7. The SMILES string of the molecule is CC(C)CC1(C(=O)NC2CCOc3ccccc32)CCCC1. The number of fused-ring (bicyclic) bond motifs is 1. The number of rotatable bonds is 4. The van der Waals surface area contributed by atoms with Gasteiger partial charge >= 0.3 is 0 Å². The molecule has 1 aromatic rings. The van der Waals surface area contributed by atoms with Crippen molar-refractivity contribution in [1.29, 1.82) is 0 Å². The van der Waals surface area contributed by atoms with Crippen LogP contribution in [0.2, 0.25) is 0 Å². The minimum absolute atomic E-state index is 0.0992. The van der Waals surface area contributed by atoms with Crippen molar-refractivity contribution in [2.75, 3.05) is 6.61 Å². The zero-order valence-electron chi connectivity index (χ0n) is 13.7. The van der Waals surface area contributed by atoms with E-state index in [0.29, 0.717) is 12.5 Å². The third-order valence-corrected chi connectivity index (χ3v) is 5.11. The Balaban J connectivity index is 1.76. The summed E-state index contributed by atoms with van der Waals surface area (Å²) < 4.78 is 5.70. The van der Waals surface area contributed by atoms with Gasteiger partial charge in [-0.2, -0.15) is 0 Å². The minimum Gasteiger partial charge on any atom is -0.493 e. The first kappa shape index (κ1) is 15.4. The Morgan fingerprint density at radius 2 is 2.05 bits per heavy atom. The summed E-state index contributed by atoms with van der Waals surface area (Å²) in [5.74, 6) is 1.75. The lowest BCUT2D eigenvalue weighted by Crippen LogP contribution is -2.43. The molecule has 22 heavy (non-hydrogen) atoms. The molecule has 1 saturated carbocycles. The van der Waals surface area contributed by atoms with Crippen LogP contribution < -0.4 is 10.1 Å². The smallest absolute Gasteiger partial charge is 0.226 e. The highest BCUT2D eigenvalue weighted by Crippen LogP contribution is 2.44. The largest absolute Gasteiger partial charge is 0.493 e. The summed E-state index contributed by atoms with van der Waals surface area (Å²) in [5.41, 5.74) is 0.987. The van der Waals surface area contributed by atoms with Gasteiger partial charge < -0.3 is 10.1 Å². The molecule has 0 bridgehead atoms. The normalized spacial score (nSPS) is 23.0. The van der Waals surface area contributed by atoms with Gasteiger partial charge in [0.05, 0.1) is 12.6 Å². The van der Waals surface area contributed by atoms with Gasteiger partial charge in [-0.15, -0.1) is 0 Å². The van der Waals surface area contributed by atoms with Crippen LogP contribution in [0.15, 0.2) is 24.3 Å². The number of hydrogen-bond donors (Lipinski definition) is 1. The van der Waals surface area contributed by atoms with E-state index in [4.69, 9.17) is 4.74 Å². The molecule has 1 N–H and O–H groups in total. The number of nitrogens with one attached hydrogen (secondary N) is 1. The fourth-order valence-corrected chi connectivity index (χ4v) is 4.16. The molecule has 1 unspecified atom stereocenters. The first-order valence-electron chi connectivity index (χ1n) is 8.63. The summed E-state index contributed by atoms with van der Waals surface area (Å²) in [6, 6.07) is 8.17. The molecule has 1 fully saturated rings. The number of hydrogen-bond acceptors (Lipinski definition) is 2. The van der Waals surface area contributed by atoms with E-state index in [0.717, 1.165) is 37.0 Å². The Morgan fingerprint density at radius 3 is 2.77 bits per heavy atom. The minimum atomic E-state index is -0.137. The Morgan fingerprint density at radius 1 is 1.32 bits per heavy atom. The predicted octanol–water partition coefficient (Wildman–Crippen LogP) is 4.23. The van der Waals surface area contributed by atoms with Crippen molar-refractivity contribution >= 4 is 5.91 Å². The summed E-state index contributed by atoms with van der Waals surface area (Å²) in [6.07, 6.45) is 6.32. The van der Waals surface area contributed by atoms with E-state index in [-0.39, 0.29) is 17.4 Å². The molecule has 3 heteroatoms. The highest BCUT2D eigenvalue weighted by atomic mass is 16.5. The molecular weight excluding hydrogens is 274 g/mol. The monoisotopic (exact) mass is 301 g/mol. The van der Waals surface area contributed by atoms with Crippen molar-refractivity contribution in [2.45, 2.75) is 58.4 Å². The van der Waals surface area contributed by atoms with Gasteiger partial charge in [-0.05, 0) is 31.2 Å². The maximum absolute atomic E-state index is 13.0. The Hall–Kier alpha value is -1.51. The topological polar surface area (TPSA) is 38.3 Å². The average Bonchev–Trinajstić information content (AvgIpc) is 2.96. The molecule has 1 aromatic carbocycles. The molecule has 0 aromatic heterocycles. The molecular formula is C19H27NO2. The summed E-state index contributed by atoms with van der Waals surface area (Å²) >= 11 is 0. The Kier molecular flexibility index (Phi) is 4.42. The van der Waals surface area contributed by atoms with Crippen LogP contribution in [0.5, 0.6) is 5.75 Å². The van der Waals surface area contributed by atoms with Gasteiger partial charge in [0.15, 0.2) is 0 Å². The van der Waals surface area contributed by atoms with Crippen LogP contribution in [0.25, 0.3) is 0 Å². The lowest BCUT2D eigenvalue weighted by molar-refractivity contribution is -0.132. The summed E-state index contributed by atoms with van der Waals surface area (Å²) in [6.45, 7) is 5.12. The molecule has 120 valence electrons. The number of benzene rings is 1. The quantitative estimate of drug-likeness (QED) is 0.903. The molecule has 1 aliphatic heterocycles. The van der Waals surface area contributed by atoms with Crippen LogP contribution in [0.1, 0.15) is 64.0 Å². The third kappa shape index (κ3) is 2.99. The van der Waals surface area contributed by atoms with E-state index >= 15 is 0 Å². The van der Waals surface area contributed by atoms with Crippen LogP contribution in [-0.2, 0) is 4.79 Å². The highest BCUT2D eigenvalue weighted by Gasteiger charge is 2.42. The second kappa shape index (κ2) is 6.31. The number of ether oxygens (including phenoxy) is 1. The first-order valence-corrected chi connectivity index (χ1v) is 8.63. The lowest BCUT2D eigenvalue weighted by Gasteiger charge is -2.33. The first-order chi connectivity index (χ1) is 10.6. The Labute approximate surface area is 133 Å². The maximum Gasteiger partial charge on any atom is 0.226 e. The van der Waals surface area contributed by atoms with Gasteiger partial charge in [-0.3, -0.25) is 4.79 Å². The van der Waals surface area contributed by atoms with Crippen molar-refractivity contribution in [3.8, 4) is 5.75 Å². The molecule has 0 saturated heterocycles. The molecule has 3 nitrogen and oxygen atoms in total. The van der Waals surface area contributed by atoms with Gasteiger partial charge in [0.1, 0.15) is 5.75 Å². The number of para-hydroxylation sites is 1. The zero-order chi connectivity index (χ0) is 15.6. The van der Waals surface area contributed by atoms with Crippen molar-refractivity contribution in [1.82, 2.24) is 5.32 Å². The molecule has 3 rings (SSSR count). The van der Waals surface area contributed by atoms with Crippen molar-refractivity contribution in [2.24, 2.45) is 11.3 Å². The summed E-state index contributed by atoms with van der Waals surface area (Å²) in [7, 11) is 0. The van der Waals surface area contributed by atoms with E-state index in [1.807, 2.05) is 18.2 Å². The van der Waals surface area contributed by atoms with Crippen LogP contribution in [-0.4, -0.2) is 12.5 Å². The molecule has 0 spiro atoms. The van der Waals surface area contributed by atoms with Gasteiger partial charge in [0, 0.05) is 17.4 Å². The van der Waals surface area contributed by atoms with Crippen molar-refractivity contribution < 1.29 is 9.53 Å². The van der Waals surface area contributed by atoms with E-state index in [1.54, 1.807) is 0 Å². The molecule has 1 aliphatic carbocycles. The molecule has 1 heterocycles. The third-order valence-electron chi connectivity index (χ3n) is 5.11. The fourth-order valence-electron chi connectivity index (χ4n) is 4.16. The molecule has 1 atom stereocenters. The van der Waals surface area contributed by atoms with Crippen LogP contribution >= 0.6 is 0 Å². The maximum atomic E-state index is 13.0. The highest BCUT2D eigenvalue weighted by molar-refractivity contribution is 5.83. The molecule has 0 radical (unpaired) electrons. The van der Waals surface area contributed by atoms with Gasteiger partial charge in [0.25, 0.3) is 0 Å². The number of amides is 1. The number of carbonyl (C=O) groups is 1. The van der Waals surface area contributed by atoms with Crippen LogP contribution in [0.4, 0.5) is 0 Å². The summed E-state index contributed by atoms with van der Waals surface area (Å²) in [4.78, 5) is 13.0. The fraction of sp³-hybridized carbons (Fsp3) is 0.632. The van der Waals surface area contributed by atoms with Crippen LogP contribution in [0, 0.1) is 11.3 Å². The van der Waals surface area contributed by atoms with Gasteiger partial charge in [-0.25, -0.2) is 0 Å². The van der Waals surface area contributed by atoms with Gasteiger partial charge in [0.2, 0.25) is 5.91 Å². The number of carbonyl (C=O) groups excluding carboxylic acids is 1. The van der Waals surface area contributed by atoms with E-state index in [1.165, 1.54) is 12.8 Å². The van der Waals surface area contributed by atoms with Crippen LogP contribution in [0.3, 0.4) is 0 Å². The predicted molar refractivity (Wildman–Crippen MR) is 87.8 cm³/mol. The van der Waals surface area contributed by atoms with E-state index in [2.05, 4.69) is 25.2 Å². The van der Waals surface area contributed by atoms with E-state index in [9.17, 15) is 4.79 Å². The second-order valence-electron chi connectivity index (χ2n) is 7.29. The average molecular weight is 301 g/mol. The standard InChI is InChI=1S/C19H27NO2/c1-14(2)13-19(10-5-6-11-19)18(21)20-16-9-12-22-17-8-4-3-7-15(16)17/h3-4,7-8,14,16H,5-6,9-13H2,1-2H3,(H,20,21). The van der Waals surface area contributed by atoms with Crippen molar-refractivity contribution in [3.05, 3.63) is 29.8 Å². The second-order valence-corrected chi connectivity index (χ2v) is 7.29. The summed E-state index contributed by atoms with van der Waals surface area (Å²) in [5, 5.41) is 3.34. The van der Waals surface area contributed by atoms with Gasteiger partial charge in [-0.1, -0.05) is 44.9 Å². The lowest BCUT2D eigenvalue weighted by atomic mass is 9.77. The molecule has 2 aliphatic rings. The molecule has 1 amide bonds.